The Bertz CT molecular complexity index is 678. The number of sulfonamides is 1. The molecule has 2 aromatic heterocycles. The van der Waals surface area contributed by atoms with E-state index in [1.54, 1.807) is 22.4 Å². The van der Waals surface area contributed by atoms with Crippen LogP contribution in [-0.4, -0.2) is 42.9 Å². The molecule has 0 aromatic carbocycles. The quantitative estimate of drug-likeness (QED) is 0.680. The molecular formula is C12H20N4O2S3. The van der Waals surface area contributed by atoms with Crippen molar-refractivity contribution in [3.05, 3.63) is 11.6 Å². The van der Waals surface area contributed by atoms with Crippen LogP contribution in [0.1, 0.15) is 19.8 Å². The molecule has 0 aliphatic heterocycles. The van der Waals surface area contributed by atoms with Crippen LogP contribution in [0.2, 0.25) is 0 Å². The van der Waals surface area contributed by atoms with Gasteiger partial charge >= 0.3 is 0 Å². The van der Waals surface area contributed by atoms with E-state index < -0.39 is 10.0 Å². The van der Waals surface area contributed by atoms with Crippen LogP contribution in [-0.2, 0) is 10.0 Å². The predicted molar refractivity (Wildman–Crippen MR) is 90.0 cm³/mol. The fraction of sp³-hybridized carbons (Fsp3) is 0.583. The van der Waals surface area contributed by atoms with Crippen LogP contribution in [0.25, 0.3) is 4.96 Å². The molecule has 0 aliphatic carbocycles. The summed E-state index contributed by atoms with van der Waals surface area (Å²) >= 11 is 3.19. The highest BCUT2D eigenvalue weighted by Gasteiger charge is 2.25. The van der Waals surface area contributed by atoms with Crippen LogP contribution in [0, 0.1) is 0 Å². The molecule has 2 aromatic rings. The average Bonchev–Trinajstić information content (AvgIpc) is 2.98. The number of anilines is 1. The molecule has 0 unspecified atom stereocenters. The third kappa shape index (κ3) is 3.91. The first kappa shape index (κ1) is 16.6. The molecule has 21 heavy (non-hydrogen) atoms. The fourth-order valence-electron chi connectivity index (χ4n) is 1.95. The topological polar surface area (TPSA) is 75.5 Å². The highest BCUT2D eigenvalue weighted by Crippen LogP contribution is 2.25. The van der Waals surface area contributed by atoms with E-state index in [1.165, 1.54) is 11.3 Å². The Morgan fingerprint density at radius 3 is 2.95 bits per heavy atom. The summed E-state index contributed by atoms with van der Waals surface area (Å²) in [5, 5.41) is 5.05. The van der Waals surface area contributed by atoms with Crippen LogP contribution in [0.15, 0.2) is 16.6 Å². The van der Waals surface area contributed by atoms with Crippen molar-refractivity contribution in [1.82, 2.24) is 14.1 Å². The predicted octanol–water partition coefficient (Wildman–Crippen LogP) is 2.25. The number of nitrogens with one attached hydrogen (secondary N) is 2. The molecule has 0 aliphatic rings. The number of hydrogen-bond acceptors (Lipinski definition) is 6. The normalized spacial score (nSPS) is 12.1. The molecule has 0 spiro atoms. The molecule has 0 saturated carbocycles. The molecule has 0 bridgehead atoms. The van der Waals surface area contributed by atoms with Crippen molar-refractivity contribution in [2.24, 2.45) is 0 Å². The van der Waals surface area contributed by atoms with Gasteiger partial charge in [-0.2, -0.15) is 11.8 Å². The minimum atomic E-state index is -3.57. The molecule has 0 fully saturated rings. The van der Waals surface area contributed by atoms with Gasteiger partial charge in [0.2, 0.25) is 0 Å². The zero-order valence-corrected chi connectivity index (χ0v) is 14.6. The number of fused-ring (bicyclic) bond motifs is 1. The van der Waals surface area contributed by atoms with Gasteiger partial charge in [-0.3, -0.25) is 4.40 Å². The molecule has 2 heterocycles. The maximum absolute atomic E-state index is 12.5. The van der Waals surface area contributed by atoms with Gasteiger partial charge in [-0.05, 0) is 31.8 Å². The third-order valence-corrected chi connectivity index (χ3v) is 5.82. The summed E-state index contributed by atoms with van der Waals surface area (Å²) in [4.78, 5) is 5.01. The third-order valence-electron chi connectivity index (χ3n) is 2.88. The lowest BCUT2D eigenvalue weighted by atomic mass is 10.3. The number of thiazole rings is 1. The summed E-state index contributed by atoms with van der Waals surface area (Å²) in [6.07, 6.45) is 5.62. The van der Waals surface area contributed by atoms with Gasteiger partial charge < -0.3 is 5.32 Å². The zero-order valence-electron chi connectivity index (χ0n) is 12.1. The maximum atomic E-state index is 12.5. The summed E-state index contributed by atoms with van der Waals surface area (Å²) in [5.41, 5.74) is 0. The average molecular weight is 349 g/mol. The van der Waals surface area contributed by atoms with Crippen LogP contribution < -0.4 is 10.0 Å². The Hall–Kier alpha value is -0.770. The van der Waals surface area contributed by atoms with Gasteiger partial charge in [0.05, 0.1) is 0 Å². The molecule has 0 atom stereocenters. The van der Waals surface area contributed by atoms with Crippen LogP contribution in [0.5, 0.6) is 0 Å². The molecule has 118 valence electrons. The zero-order chi connectivity index (χ0) is 15.3. The molecule has 2 N–H and O–H groups in total. The first-order valence-corrected chi connectivity index (χ1v) is 10.5. The second-order valence-corrected chi connectivity index (χ2v) is 7.99. The number of imidazole rings is 1. The van der Waals surface area contributed by atoms with E-state index in [1.807, 2.05) is 18.6 Å². The molecule has 6 nitrogen and oxygen atoms in total. The Balaban J connectivity index is 2.18. The maximum Gasteiger partial charge on any atom is 0.260 e. The van der Waals surface area contributed by atoms with Crippen LogP contribution >= 0.6 is 23.1 Å². The number of hydrogen-bond donors (Lipinski definition) is 2. The Labute approximate surface area is 133 Å². The van der Waals surface area contributed by atoms with E-state index in [-0.39, 0.29) is 5.03 Å². The van der Waals surface area contributed by atoms with E-state index in [2.05, 4.69) is 15.0 Å². The Morgan fingerprint density at radius 2 is 2.24 bits per heavy atom. The van der Waals surface area contributed by atoms with Crippen molar-refractivity contribution in [3.63, 3.8) is 0 Å². The lowest BCUT2D eigenvalue weighted by Crippen LogP contribution is -2.26. The van der Waals surface area contributed by atoms with Crippen molar-refractivity contribution in [2.45, 2.75) is 24.8 Å². The highest BCUT2D eigenvalue weighted by atomic mass is 32.2. The van der Waals surface area contributed by atoms with Crippen molar-refractivity contribution in [1.29, 1.82) is 0 Å². The minimum absolute atomic E-state index is 0.200. The summed E-state index contributed by atoms with van der Waals surface area (Å²) in [7, 11) is -3.57. The molecule has 0 saturated heterocycles. The molecule has 0 radical (unpaired) electrons. The number of aromatic nitrogens is 2. The van der Waals surface area contributed by atoms with Gasteiger partial charge in [0, 0.05) is 24.7 Å². The van der Waals surface area contributed by atoms with Crippen molar-refractivity contribution < 1.29 is 8.42 Å². The summed E-state index contributed by atoms with van der Waals surface area (Å²) in [5.74, 6) is 1.47. The Kier molecular flexibility index (Phi) is 5.91. The van der Waals surface area contributed by atoms with Crippen molar-refractivity contribution in [2.75, 3.05) is 30.4 Å². The van der Waals surface area contributed by atoms with Crippen LogP contribution in [0.3, 0.4) is 0 Å². The van der Waals surface area contributed by atoms with E-state index in [0.717, 1.165) is 18.6 Å². The molecular weight excluding hydrogens is 328 g/mol. The molecule has 9 heteroatoms. The summed E-state index contributed by atoms with van der Waals surface area (Å²) in [6.45, 7) is 2.99. The number of unbranched alkanes of at least 4 members (excludes halogenated alkanes) is 1. The second kappa shape index (κ2) is 7.48. The summed E-state index contributed by atoms with van der Waals surface area (Å²) < 4.78 is 29.3. The number of nitrogens with zero attached hydrogens (tertiary/aromatic N) is 2. The lowest BCUT2D eigenvalue weighted by Gasteiger charge is -2.08. The van der Waals surface area contributed by atoms with E-state index in [9.17, 15) is 8.42 Å². The second-order valence-electron chi connectivity index (χ2n) is 4.45. The monoisotopic (exact) mass is 348 g/mol. The van der Waals surface area contributed by atoms with E-state index in [4.69, 9.17) is 0 Å². The first-order chi connectivity index (χ1) is 10.1. The van der Waals surface area contributed by atoms with Crippen molar-refractivity contribution >= 4 is 43.9 Å². The fourth-order valence-corrected chi connectivity index (χ4v) is 4.54. The van der Waals surface area contributed by atoms with Gasteiger partial charge in [0.25, 0.3) is 10.0 Å². The first-order valence-electron chi connectivity index (χ1n) is 6.78. The molecule has 2 rings (SSSR count). The van der Waals surface area contributed by atoms with Gasteiger partial charge in [0.15, 0.2) is 15.8 Å². The summed E-state index contributed by atoms with van der Waals surface area (Å²) in [6, 6.07) is 0. The smallest absolute Gasteiger partial charge is 0.260 e. The Morgan fingerprint density at radius 1 is 1.43 bits per heavy atom. The number of thioether (sulfide) groups is 1. The minimum Gasteiger partial charge on any atom is -0.368 e. The van der Waals surface area contributed by atoms with Gasteiger partial charge in [-0.1, -0.05) is 0 Å². The number of rotatable bonds is 9. The van der Waals surface area contributed by atoms with E-state index in [0.29, 0.717) is 23.9 Å². The van der Waals surface area contributed by atoms with Gasteiger partial charge in [-0.25, -0.2) is 18.1 Å². The van der Waals surface area contributed by atoms with Crippen molar-refractivity contribution in [3.8, 4) is 0 Å². The highest BCUT2D eigenvalue weighted by molar-refractivity contribution is 7.98. The van der Waals surface area contributed by atoms with Gasteiger partial charge in [0.1, 0.15) is 0 Å². The van der Waals surface area contributed by atoms with E-state index >= 15 is 0 Å². The van der Waals surface area contributed by atoms with Crippen LogP contribution in [0.4, 0.5) is 5.82 Å². The standard InChI is InChI=1S/C12H20N4O2S3/c1-3-13-10-11(16-7-9-20-12(16)15-10)21(17,18)14-6-4-5-8-19-2/h7,9,13-14H,3-6,8H2,1-2H3. The lowest BCUT2D eigenvalue weighted by molar-refractivity contribution is 0.574. The largest absolute Gasteiger partial charge is 0.368 e. The SMILES string of the molecule is CCNc1nc2sccn2c1S(=O)(=O)NCCCCSC. The molecule has 0 amide bonds. The van der Waals surface area contributed by atoms with Gasteiger partial charge in [-0.15, -0.1) is 11.3 Å².